The number of carbonyl (C=O) groups excluding carboxylic acids is 1. The number of likely N-dealkylation sites (tertiary alicyclic amines) is 1. The number of pyridine rings is 1. The molecule has 1 aromatic heterocycles. The number of benzene rings is 1. The molecule has 0 aliphatic carbocycles. The number of rotatable bonds is 4. The molecule has 27 heavy (non-hydrogen) atoms. The predicted octanol–water partition coefficient (Wildman–Crippen LogP) is 3.67. The average molecular weight is 375 g/mol. The van der Waals surface area contributed by atoms with Crippen molar-refractivity contribution in [3.05, 3.63) is 47.3 Å². The first-order valence-corrected chi connectivity index (χ1v) is 9.03. The molecule has 0 unspecified atom stereocenters. The van der Waals surface area contributed by atoms with E-state index in [1.165, 1.54) is 19.4 Å². The van der Waals surface area contributed by atoms with Crippen LogP contribution in [-0.2, 0) is 17.4 Å². The van der Waals surface area contributed by atoms with E-state index in [0.29, 0.717) is 23.4 Å². The van der Waals surface area contributed by atoms with Crippen LogP contribution in [0.1, 0.15) is 23.2 Å². The van der Waals surface area contributed by atoms with Crippen molar-refractivity contribution >= 4 is 11.6 Å². The third-order valence-corrected chi connectivity index (χ3v) is 5.40. The van der Waals surface area contributed by atoms with Crippen LogP contribution in [0.5, 0.6) is 0 Å². The van der Waals surface area contributed by atoms with Crippen LogP contribution in [0.4, 0.5) is 18.9 Å². The van der Waals surface area contributed by atoms with E-state index in [9.17, 15) is 18.0 Å². The van der Waals surface area contributed by atoms with E-state index >= 15 is 0 Å². The highest BCUT2D eigenvalue weighted by atomic mass is 19.4. The summed E-state index contributed by atoms with van der Waals surface area (Å²) in [4.78, 5) is 20.7. The smallest absolute Gasteiger partial charge is 0.309 e. The minimum absolute atomic E-state index is 0.00376. The molecule has 0 radical (unpaired) electrons. The Labute approximate surface area is 155 Å². The molecule has 4 nitrogen and oxygen atoms in total. The summed E-state index contributed by atoms with van der Waals surface area (Å²) in [7, 11) is 0. The quantitative estimate of drug-likeness (QED) is 0.818. The van der Waals surface area contributed by atoms with Gasteiger partial charge in [-0.15, -0.1) is 0 Å². The zero-order valence-electron chi connectivity index (χ0n) is 15.0. The number of hydrogen-bond acceptors (Lipinski definition) is 3. The van der Waals surface area contributed by atoms with Gasteiger partial charge in [0.25, 0.3) is 0 Å². The molecule has 142 valence electrons. The normalized spacial score (nSPS) is 17.2. The van der Waals surface area contributed by atoms with Crippen LogP contribution in [0.25, 0.3) is 11.1 Å². The lowest BCUT2D eigenvalue weighted by atomic mass is 9.96. The van der Waals surface area contributed by atoms with E-state index in [0.717, 1.165) is 31.4 Å². The molecule has 1 saturated heterocycles. The number of halogens is 3. The zero-order valence-corrected chi connectivity index (χ0v) is 15.0. The van der Waals surface area contributed by atoms with Crippen molar-refractivity contribution in [2.24, 2.45) is 0 Å². The van der Waals surface area contributed by atoms with Crippen molar-refractivity contribution < 1.29 is 18.0 Å². The molecular weight excluding hydrogens is 355 g/mol. The van der Waals surface area contributed by atoms with E-state index < -0.39 is 11.7 Å². The lowest BCUT2D eigenvalue weighted by Crippen LogP contribution is -2.43. The number of carbonyl (C=O) groups is 1. The van der Waals surface area contributed by atoms with Gasteiger partial charge in [-0.25, -0.2) is 0 Å². The Morgan fingerprint density at radius 2 is 1.96 bits per heavy atom. The maximum absolute atomic E-state index is 13.2. The van der Waals surface area contributed by atoms with Crippen LogP contribution in [0, 0.1) is 6.92 Å². The van der Waals surface area contributed by atoms with E-state index in [4.69, 9.17) is 0 Å². The van der Waals surface area contributed by atoms with Gasteiger partial charge in [0.15, 0.2) is 0 Å². The van der Waals surface area contributed by atoms with Crippen molar-refractivity contribution in [1.29, 1.82) is 0 Å². The Morgan fingerprint density at radius 3 is 2.63 bits per heavy atom. The first-order valence-electron chi connectivity index (χ1n) is 9.03. The molecule has 2 aliphatic rings. The summed E-state index contributed by atoms with van der Waals surface area (Å²) in [6, 6.07) is 5.95. The minimum Gasteiger partial charge on any atom is -0.309 e. The number of aromatic nitrogens is 1. The van der Waals surface area contributed by atoms with Gasteiger partial charge in [0.1, 0.15) is 0 Å². The molecule has 4 rings (SSSR count). The van der Waals surface area contributed by atoms with Crippen LogP contribution in [0.15, 0.2) is 30.5 Å². The van der Waals surface area contributed by atoms with Crippen LogP contribution in [0.2, 0.25) is 0 Å². The predicted molar refractivity (Wildman–Crippen MR) is 96.5 cm³/mol. The average Bonchev–Trinajstić information content (AvgIpc) is 2.87. The highest BCUT2D eigenvalue weighted by Crippen LogP contribution is 2.38. The van der Waals surface area contributed by atoms with Gasteiger partial charge < -0.3 is 9.80 Å². The number of alkyl halides is 3. The van der Waals surface area contributed by atoms with Gasteiger partial charge in [-0.1, -0.05) is 12.1 Å². The van der Waals surface area contributed by atoms with Crippen LogP contribution in [0.3, 0.4) is 0 Å². The molecule has 3 heterocycles. The minimum atomic E-state index is -4.40. The monoisotopic (exact) mass is 375 g/mol. The first-order chi connectivity index (χ1) is 12.8. The fourth-order valence-corrected chi connectivity index (χ4v) is 3.72. The van der Waals surface area contributed by atoms with Crippen molar-refractivity contribution in [2.75, 3.05) is 31.1 Å². The van der Waals surface area contributed by atoms with Crippen molar-refractivity contribution in [2.45, 2.75) is 25.9 Å². The molecule has 0 saturated carbocycles. The Kier molecular flexibility index (Phi) is 4.42. The van der Waals surface area contributed by atoms with Crippen LogP contribution in [-0.4, -0.2) is 42.0 Å². The summed E-state index contributed by atoms with van der Waals surface area (Å²) in [5, 5.41) is 0. The van der Waals surface area contributed by atoms with Crippen molar-refractivity contribution in [3.8, 4) is 11.1 Å². The zero-order chi connectivity index (χ0) is 19.2. The number of anilines is 1. The van der Waals surface area contributed by atoms with Gasteiger partial charge in [0, 0.05) is 24.8 Å². The fourth-order valence-electron chi connectivity index (χ4n) is 3.72. The molecule has 2 aliphatic heterocycles. The lowest BCUT2D eigenvalue weighted by molar-refractivity contribution is -0.138. The highest BCUT2D eigenvalue weighted by Gasteiger charge is 2.34. The van der Waals surface area contributed by atoms with Crippen molar-refractivity contribution in [1.82, 2.24) is 9.88 Å². The molecule has 7 heteroatoms. The third kappa shape index (κ3) is 3.32. The molecule has 0 spiro atoms. The highest BCUT2D eigenvalue weighted by molar-refractivity contribution is 6.01. The maximum Gasteiger partial charge on any atom is 0.416 e. The second-order valence-electron chi connectivity index (χ2n) is 7.08. The Bertz CT molecular complexity index is 891. The Balaban J connectivity index is 1.67. The topological polar surface area (TPSA) is 36.4 Å². The van der Waals surface area contributed by atoms with E-state index in [2.05, 4.69) is 9.88 Å². The number of amides is 1. The third-order valence-electron chi connectivity index (χ3n) is 5.40. The Morgan fingerprint density at radius 1 is 1.19 bits per heavy atom. The lowest BCUT2D eigenvalue weighted by Gasteiger charge is -2.32. The van der Waals surface area contributed by atoms with Gasteiger partial charge in [-0.05, 0) is 49.7 Å². The maximum atomic E-state index is 13.2. The van der Waals surface area contributed by atoms with E-state index in [-0.39, 0.29) is 17.9 Å². The number of hydrogen-bond donors (Lipinski definition) is 0. The molecule has 2 aromatic rings. The molecular formula is C20H20F3N3O. The standard InChI is InChI=1S/C20H20F3N3O/c1-13-15(4-2-5-16(13)20(21,22)23)14-10-18-17(24-12-14)11-19(27)26(18)9-8-25-6-3-7-25/h2,4-5,10,12H,3,6-9,11H2,1H3. The van der Waals surface area contributed by atoms with Gasteiger partial charge in [-0.2, -0.15) is 13.2 Å². The fraction of sp³-hybridized carbons (Fsp3) is 0.400. The Hall–Kier alpha value is -2.41. The van der Waals surface area contributed by atoms with Gasteiger partial charge in [-0.3, -0.25) is 9.78 Å². The van der Waals surface area contributed by atoms with Gasteiger partial charge >= 0.3 is 6.18 Å². The summed E-state index contributed by atoms with van der Waals surface area (Å²) in [6.07, 6.45) is -1.40. The summed E-state index contributed by atoms with van der Waals surface area (Å²) >= 11 is 0. The molecule has 0 N–H and O–H groups in total. The molecule has 1 fully saturated rings. The summed E-state index contributed by atoms with van der Waals surface area (Å²) < 4.78 is 39.7. The van der Waals surface area contributed by atoms with Crippen LogP contribution >= 0.6 is 0 Å². The van der Waals surface area contributed by atoms with E-state index in [1.807, 2.05) is 0 Å². The summed E-state index contributed by atoms with van der Waals surface area (Å²) in [5.74, 6) is -0.00376. The van der Waals surface area contributed by atoms with Crippen LogP contribution < -0.4 is 4.90 Å². The summed E-state index contributed by atoms with van der Waals surface area (Å²) in [6.45, 7) is 4.96. The second kappa shape index (κ2) is 6.64. The largest absolute Gasteiger partial charge is 0.416 e. The number of nitrogens with zero attached hydrogens (tertiary/aromatic N) is 3. The molecule has 1 amide bonds. The second-order valence-corrected chi connectivity index (χ2v) is 7.08. The first kappa shape index (κ1) is 18.0. The molecule has 0 atom stereocenters. The SMILES string of the molecule is Cc1c(-c2cnc3c(c2)N(CCN2CCC2)C(=O)C3)cccc1C(F)(F)F. The van der Waals surface area contributed by atoms with Crippen molar-refractivity contribution in [3.63, 3.8) is 0 Å². The number of fused-ring (bicyclic) bond motifs is 1. The van der Waals surface area contributed by atoms with Gasteiger partial charge in [0.2, 0.25) is 5.91 Å². The van der Waals surface area contributed by atoms with E-state index in [1.54, 1.807) is 23.2 Å². The molecule has 1 aromatic carbocycles. The summed E-state index contributed by atoms with van der Waals surface area (Å²) in [5.41, 5.74) is 2.02. The van der Waals surface area contributed by atoms with Gasteiger partial charge in [0.05, 0.1) is 23.4 Å². The molecule has 0 bridgehead atoms.